The molecule has 2 heterocycles. The second-order valence-corrected chi connectivity index (χ2v) is 10.0. The molecule has 0 fully saturated rings. The number of dihydropyridines is 1. The van der Waals surface area contributed by atoms with Gasteiger partial charge in [-0.1, -0.05) is 37.2 Å². The van der Waals surface area contributed by atoms with Gasteiger partial charge in [-0.25, -0.2) is 0 Å². The van der Waals surface area contributed by atoms with Crippen LogP contribution in [0, 0.1) is 16.7 Å². The van der Waals surface area contributed by atoms with E-state index in [-0.39, 0.29) is 22.9 Å². The molecule has 1 atom stereocenters. The maximum Gasteiger partial charge on any atom is 0.234 e. The summed E-state index contributed by atoms with van der Waals surface area (Å²) in [5.74, 6) is -0.120. The monoisotopic (exact) mass is 467 g/mol. The molecule has 0 saturated carbocycles. The second kappa shape index (κ2) is 8.89. The third kappa shape index (κ3) is 4.62. The number of amides is 1. The van der Waals surface area contributed by atoms with Gasteiger partial charge in [-0.3, -0.25) is 9.59 Å². The number of ketones is 1. The van der Waals surface area contributed by atoms with Gasteiger partial charge < -0.3 is 15.1 Å². The number of nitrogens with one attached hydrogen (secondary N) is 2. The number of nitrogens with zero attached hydrogens (tertiary/aromatic N) is 1. The van der Waals surface area contributed by atoms with E-state index in [2.05, 4.69) is 16.7 Å². The van der Waals surface area contributed by atoms with E-state index in [9.17, 15) is 14.9 Å². The molecular formula is C24H22ClN3O3S. The fraction of sp³-hybridized carbons (Fsp3) is 0.292. The van der Waals surface area contributed by atoms with E-state index < -0.39 is 5.92 Å². The number of carbonyl (C=O) groups is 2. The summed E-state index contributed by atoms with van der Waals surface area (Å²) in [7, 11) is 0. The van der Waals surface area contributed by atoms with Crippen molar-refractivity contribution < 1.29 is 14.0 Å². The summed E-state index contributed by atoms with van der Waals surface area (Å²) < 4.78 is 5.62. The molecular weight excluding hydrogens is 446 g/mol. The van der Waals surface area contributed by atoms with Gasteiger partial charge in [-0.15, -0.1) is 0 Å². The number of carbonyl (C=O) groups excluding carboxylic acids is 2. The van der Waals surface area contributed by atoms with Crippen molar-refractivity contribution in [3.63, 3.8) is 0 Å². The van der Waals surface area contributed by atoms with E-state index in [1.54, 1.807) is 36.4 Å². The van der Waals surface area contributed by atoms with E-state index in [0.717, 1.165) is 5.70 Å². The van der Waals surface area contributed by atoms with Crippen molar-refractivity contribution in [1.82, 2.24) is 5.32 Å². The molecule has 0 radical (unpaired) electrons. The molecule has 1 aliphatic carbocycles. The molecule has 164 valence electrons. The van der Waals surface area contributed by atoms with Crippen LogP contribution in [0.5, 0.6) is 0 Å². The lowest BCUT2D eigenvalue weighted by Gasteiger charge is -2.38. The zero-order chi connectivity index (χ0) is 22.9. The summed E-state index contributed by atoms with van der Waals surface area (Å²) in [4.78, 5) is 25.6. The zero-order valence-corrected chi connectivity index (χ0v) is 19.3. The number of hydrogen-bond donors (Lipinski definition) is 2. The highest BCUT2D eigenvalue weighted by molar-refractivity contribution is 8.03. The highest BCUT2D eigenvalue weighted by Crippen LogP contribution is 2.47. The van der Waals surface area contributed by atoms with Crippen molar-refractivity contribution >= 4 is 40.7 Å². The molecule has 0 saturated heterocycles. The van der Waals surface area contributed by atoms with Gasteiger partial charge in [0.1, 0.15) is 5.76 Å². The summed E-state index contributed by atoms with van der Waals surface area (Å²) in [5, 5.41) is 17.3. The van der Waals surface area contributed by atoms with Crippen LogP contribution in [0.4, 0.5) is 5.69 Å². The first-order chi connectivity index (χ1) is 15.3. The molecule has 2 aliphatic rings. The summed E-state index contributed by atoms with van der Waals surface area (Å²) in [6.07, 6.45) is 2.62. The van der Waals surface area contributed by atoms with Gasteiger partial charge >= 0.3 is 0 Å². The van der Waals surface area contributed by atoms with Crippen molar-refractivity contribution in [3.05, 3.63) is 75.3 Å². The van der Waals surface area contributed by atoms with Crippen LogP contribution in [0.1, 0.15) is 38.4 Å². The number of Topliss-reactive ketones (excluding diaryl/α,β-unsaturated/α-hetero) is 1. The minimum Gasteiger partial charge on any atom is -0.468 e. The smallest absolute Gasteiger partial charge is 0.234 e. The zero-order valence-electron chi connectivity index (χ0n) is 17.7. The number of halogens is 1. The summed E-state index contributed by atoms with van der Waals surface area (Å²) in [6, 6.07) is 12.6. The molecule has 0 unspecified atom stereocenters. The first kappa shape index (κ1) is 22.3. The number of hydrogen-bond acceptors (Lipinski definition) is 6. The van der Waals surface area contributed by atoms with E-state index in [0.29, 0.717) is 45.5 Å². The number of rotatable bonds is 5. The maximum absolute atomic E-state index is 13.1. The van der Waals surface area contributed by atoms with Crippen LogP contribution in [0.3, 0.4) is 0 Å². The molecule has 6 nitrogen and oxygen atoms in total. The number of furan rings is 1. The second-order valence-electron chi connectivity index (χ2n) is 8.60. The van der Waals surface area contributed by atoms with Crippen LogP contribution in [0.15, 0.2) is 69.0 Å². The van der Waals surface area contributed by atoms with E-state index >= 15 is 0 Å². The van der Waals surface area contributed by atoms with Gasteiger partial charge in [0.05, 0.1) is 34.6 Å². The van der Waals surface area contributed by atoms with Crippen LogP contribution < -0.4 is 10.6 Å². The third-order valence-electron chi connectivity index (χ3n) is 5.43. The predicted molar refractivity (Wildman–Crippen MR) is 125 cm³/mol. The van der Waals surface area contributed by atoms with E-state index in [4.69, 9.17) is 16.0 Å². The van der Waals surface area contributed by atoms with Gasteiger partial charge in [0.15, 0.2) is 5.78 Å². The Morgan fingerprint density at radius 2 is 2.06 bits per heavy atom. The van der Waals surface area contributed by atoms with Crippen LogP contribution in [-0.4, -0.2) is 17.4 Å². The van der Waals surface area contributed by atoms with Crippen LogP contribution >= 0.6 is 23.4 Å². The molecule has 0 bridgehead atoms. The molecule has 1 aliphatic heterocycles. The molecule has 1 aromatic carbocycles. The van der Waals surface area contributed by atoms with Crippen LogP contribution in [-0.2, 0) is 9.59 Å². The highest BCUT2D eigenvalue weighted by atomic mass is 35.5. The molecule has 2 aromatic rings. The topological polar surface area (TPSA) is 95.1 Å². The predicted octanol–water partition coefficient (Wildman–Crippen LogP) is 5.37. The van der Waals surface area contributed by atoms with Crippen molar-refractivity contribution in [3.8, 4) is 6.07 Å². The van der Waals surface area contributed by atoms with Crippen molar-refractivity contribution in [1.29, 1.82) is 5.26 Å². The van der Waals surface area contributed by atoms with Crippen molar-refractivity contribution in [2.45, 2.75) is 32.6 Å². The number of benzene rings is 1. The molecule has 32 heavy (non-hydrogen) atoms. The van der Waals surface area contributed by atoms with Crippen molar-refractivity contribution in [2.75, 3.05) is 11.1 Å². The quantitative estimate of drug-likeness (QED) is 0.613. The third-order valence-corrected chi connectivity index (χ3v) is 6.70. The first-order valence-electron chi connectivity index (χ1n) is 10.2. The van der Waals surface area contributed by atoms with Gasteiger partial charge in [0.25, 0.3) is 0 Å². The molecule has 1 aromatic heterocycles. The molecule has 0 spiro atoms. The molecule has 2 N–H and O–H groups in total. The minimum absolute atomic E-state index is 0.0161. The summed E-state index contributed by atoms with van der Waals surface area (Å²) in [5.41, 5.74) is 2.22. The fourth-order valence-electron chi connectivity index (χ4n) is 4.10. The number of allylic oxidation sites excluding steroid dienone is 3. The lowest BCUT2D eigenvalue weighted by molar-refractivity contribution is -0.118. The highest BCUT2D eigenvalue weighted by Gasteiger charge is 2.42. The lowest BCUT2D eigenvalue weighted by atomic mass is 9.70. The summed E-state index contributed by atoms with van der Waals surface area (Å²) >= 11 is 7.13. The van der Waals surface area contributed by atoms with Gasteiger partial charge in [0, 0.05) is 28.4 Å². The van der Waals surface area contributed by atoms with Gasteiger partial charge in [0.2, 0.25) is 5.91 Å². The maximum atomic E-state index is 13.1. The Hall–Kier alpha value is -2.95. The fourth-order valence-corrected chi connectivity index (χ4v) is 5.09. The van der Waals surface area contributed by atoms with E-state index in [1.165, 1.54) is 18.0 Å². The average Bonchev–Trinajstić information content (AvgIpc) is 3.26. The SMILES string of the molecule is CC1(C)CC(=O)C2=C(C1)NC(SCC(=O)Nc1ccc(Cl)cc1)=C(C#N)[C@@H]2c1ccco1. The number of thioether (sulfide) groups is 1. The lowest BCUT2D eigenvalue weighted by Crippen LogP contribution is -2.37. The molecule has 4 rings (SSSR count). The van der Waals surface area contributed by atoms with Gasteiger partial charge in [-0.2, -0.15) is 5.26 Å². The first-order valence-corrected chi connectivity index (χ1v) is 11.5. The molecule has 1 amide bonds. The largest absolute Gasteiger partial charge is 0.468 e. The van der Waals surface area contributed by atoms with Crippen LogP contribution in [0.25, 0.3) is 0 Å². The van der Waals surface area contributed by atoms with Gasteiger partial charge in [-0.05, 0) is 48.2 Å². The Labute approximate surface area is 195 Å². The van der Waals surface area contributed by atoms with Crippen LogP contribution in [0.2, 0.25) is 5.02 Å². The summed E-state index contributed by atoms with van der Waals surface area (Å²) in [6.45, 7) is 4.10. The number of anilines is 1. The average molecular weight is 468 g/mol. The Balaban J connectivity index is 1.60. The Morgan fingerprint density at radius 3 is 2.72 bits per heavy atom. The number of nitriles is 1. The molecule has 8 heteroatoms. The Bertz CT molecular complexity index is 1160. The van der Waals surface area contributed by atoms with Crippen molar-refractivity contribution in [2.24, 2.45) is 5.41 Å². The minimum atomic E-state index is -0.573. The Kier molecular flexibility index (Phi) is 6.18. The normalized spacial score (nSPS) is 19.8. The van der Waals surface area contributed by atoms with E-state index in [1.807, 2.05) is 13.8 Å². The standard InChI is InChI=1S/C24H22ClN3O3S/c1-24(2)10-17-22(18(29)11-24)21(19-4-3-9-31-19)16(12-26)23(28-17)32-13-20(30)27-15-7-5-14(25)6-8-15/h3-9,21,28H,10-11,13H2,1-2H3,(H,27,30)/t21-/m1/s1. The Morgan fingerprint density at radius 1 is 1.31 bits per heavy atom.